The summed E-state index contributed by atoms with van der Waals surface area (Å²) in [7, 11) is 0. The normalized spacial score (nSPS) is 10.8. The lowest BCUT2D eigenvalue weighted by atomic mass is 10.2. The number of nitrogens with zero attached hydrogens (tertiary/aromatic N) is 2. The summed E-state index contributed by atoms with van der Waals surface area (Å²) in [6.07, 6.45) is 0. The quantitative estimate of drug-likeness (QED) is 0.501. The van der Waals surface area contributed by atoms with E-state index in [4.69, 9.17) is 16.6 Å². The maximum atomic E-state index is 13.0. The van der Waals surface area contributed by atoms with E-state index in [1.807, 2.05) is 42.5 Å². The second-order valence-corrected chi connectivity index (χ2v) is 6.05. The van der Waals surface area contributed by atoms with Crippen LogP contribution in [0.15, 0.2) is 71.1 Å². The third-order valence-electron chi connectivity index (χ3n) is 3.91. The van der Waals surface area contributed by atoms with Crippen molar-refractivity contribution >= 4 is 12.2 Å². The molecule has 0 fully saturated rings. The second kappa shape index (κ2) is 6.97. The molecule has 0 atom stereocenters. The molecule has 0 aliphatic rings. The van der Waals surface area contributed by atoms with Crippen LogP contribution in [-0.4, -0.2) is 14.9 Å². The summed E-state index contributed by atoms with van der Waals surface area (Å²) >= 11 is 5.30. The van der Waals surface area contributed by atoms with Crippen LogP contribution in [0.5, 0.6) is 0 Å². The molecule has 0 saturated heterocycles. The maximum absolute atomic E-state index is 13.0. The van der Waals surface area contributed by atoms with Crippen LogP contribution in [0.4, 0.5) is 4.39 Å². The first-order valence-corrected chi connectivity index (χ1v) is 8.43. The van der Waals surface area contributed by atoms with E-state index in [9.17, 15) is 4.39 Å². The minimum Gasteiger partial charge on any atom is -0.459 e. The van der Waals surface area contributed by atoms with E-state index in [1.165, 1.54) is 12.1 Å². The highest BCUT2D eigenvalue weighted by atomic mass is 32.1. The summed E-state index contributed by atoms with van der Waals surface area (Å²) in [6.45, 7) is 0.425. The SMILES string of the molecule is Fc1ccc(-c2ccc(CNn3c(-c4ccccc4)n[nH]c3=S)o2)cc1. The van der Waals surface area contributed by atoms with E-state index in [0.29, 0.717) is 22.9 Å². The zero-order valence-corrected chi connectivity index (χ0v) is 14.5. The number of H-pyrrole nitrogens is 1. The summed E-state index contributed by atoms with van der Waals surface area (Å²) in [6, 6.07) is 19.7. The topological polar surface area (TPSA) is 58.8 Å². The molecule has 0 aliphatic heterocycles. The van der Waals surface area contributed by atoms with Crippen molar-refractivity contribution in [1.29, 1.82) is 0 Å². The predicted octanol–water partition coefficient (Wildman–Crippen LogP) is 4.75. The number of benzene rings is 2. The van der Waals surface area contributed by atoms with Crippen LogP contribution < -0.4 is 5.43 Å². The average Bonchev–Trinajstić information content (AvgIpc) is 3.28. The number of hydrogen-bond donors (Lipinski definition) is 2. The Kier molecular flexibility index (Phi) is 4.37. The Morgan fingerprint density at radius 3 is 2.54 bits per heavy atom. The van der Waals surface area contributed by atoms with Gasteiger partial charge in [0, 0.05) is 11.1 Å². The van der Waals surface area contributed by atoms with Crippen LogP contribution in [0.3, 0.4) is 0 Å². The number of aromatic amines is 1. The Morgan fingerprint density at radius 1 is 1.00 bits per heavy atom. The van der Waals surface area contributed by atoms with Crippen LogP contribution >= 0.6 is 12.2 Å². The van der Waals surface area contributed by atoms with Gasteiger partial charge in [-0.25, -0.2) is 14.2 Å². The Hall–Kier alpha value is -3.19. The first-order valence-electron chi connectivity index (χ1n) is 8.02. The highest BCUT2D eigenvalue weighted by Gasteiger charge is 2.10. The van der Waals surface area contributed by atoms with Crippen molar-refractivity contribution in [2.75, 3.05) is 5.43 Å². The molecule has 0 aliphatic carbocycles. The van der Waals surface area contributed by atoms with Crippen molar-refractivity contribution in [3.8, 4) is 22.7 Å². The molecule has 2 N–H and O–H groups in total. The summed E-state index contributed by atoms with van der Waals surface area (Å²) < 4.78 is 21.0. The molecule has 26 heavy (non-hydrogen) atoms. The van der Waals surface area contributed by atoms with Gasteiger partial charge in [-0.15, -0.1) is 0 Å². The first kappa shape index (κ1) is 16.3. The minimum absolute atomic E-state index is 0.273. The Balaban J connectivity index is 1.53. The molecule has 0 amide bonds. The third-order valence-corrected chi connectivity index (χ3v) is 4.18. The van der Waals surface area contributed by atoms with Gasteiger partial charge in [0.05, 0.1) is 6.54 Å². The summed E-state index contributed by atoms with van der Waals surface area (Å²) in [5, 5.41) is 7.07. The van der Waals surface area contributed by atoms with Gasteiger partial charge >= 0.3 is 0 Å². The van der Waals surface area contributed by atoms with Crippen molar-refractivity contribution < 1.29 is 8.81 Å². The van der Waals surface area contributed by atoms with Crippen LogP contribution in [-0.2, 0) is 6.54 Å². The zero-order valence-electron chi connectivity index (χ0n) is 13.6. The third kappa shape index (κ3) is 3.29. The van der Waals surface area contributed by atoms with Crippen molar-refractivity contribution in [3.63, 3.8) is 0 Å². The van der Waals surface area contributed by atoms with E-state index in [2.05, 4.69) is 15.6 Å². The van der Waals surface area contributed by atoms with E-state index in [0.717, 1.165) is 16.9 Å². The highest BCUT2D eigenvalue weighted by Crippen LogP contribution is 2.23. The van der Waals surface area contributed by atoms with Gasteiger partial charge in [0.25, 0.3) is 0 Å². The largest absolute Gasteiger partial charge is 0.459 e. The zero-order chi connectivity index (χ0) is 17.9. The number of halogens is 1. The fraction of sp³-hybridized carbons (Fsp3) is 0.0526. The smallest absolute Gasteiger partial charge is 0.214 e. The number of rotatable bonds is 5. The molecule has 2 aromatic heterocycles. The van der Waals surface area contributed by atoms with Crippen LogP contribution in [0.25, 0.3) is 22.7 Å². The summed E-state index contributed by atoms with van der Waals surface area (Å²) in [5.74, 6) is 1.83. The second-order valence-electron chi connectivity index (χ2n) is 5.66. The van der Waals surface area contributed by atoms with Crippen molar-refractivity contribution in [2.45, 2.75) is 6.54 Å². The lowest BCUT2D eigenvalue weighted by molar-refractivity contribution is 0.522. The standard InChI is InChI=1S/C19H15FN4OS/c20-15-8-6-13(7-9-15)17-11-10-16(25-17)12-21-24-18(22-23-19(24)26)14-4-2-1-3-5-14/h1-11,21H,12H2,(H,23,26). The van der Waals surface area contributed by atoms with Crippen molar-refractivity contribution in [3.05, 3.63) is 83.1 Å². The minimum atomic E-state index is -0.273. The molecule has 4 aromatic rings. The summed E-state index contributed by atoms with van der Waals surface area (Å²) in [5.41, 5.74) is 4.98. The number of furan rings is 1. The van der Waals surface area contributed by atoms with E-state index in [-0.39, 0.29) is 5.82 Å². The predicted molar refractivity (Wildman–Crippen MR) is 100 cm³/mol. The van der Waals surface area contributed by atoms with Gasteiger partial charge in [-0.2, -0.15) is 5.10 Å². The molecular weight excluding hydrogens is 351 g/mol. The molecule has 2 aromatic carbocycles. The average molecular weight is 366 g/mol. The molecule has 0 spiro atoms. The van der Waals surface area contributed by atoms with Crippen LogP contribution in [0.1, 0.15) is 5.76 Å². The van der Waals surface area contributed by atoms with E-state index in [1.54, 1.807) is 16.8 Å². The fourth-order valence-electron chi connectivity index (χ4n) is 2.62. The number of aromatic nitrogens is 3. The molecule has 7 heteroatoms. The van der Waals surface area contributed by atoms with Crippen molar-refractivity contribution in [2.24, 2.45) is 0 Å². The Bertz CT molecular complexity index is 1070. The van der Waals surface area contributed by atoms with Gasteiger partial charge in [0.2, 0.25) is 4.77 Å². The highest BCUT2D eigenvalue weighted by molar-refractivity contribution is 7.71. The maximum Gasteiger partial charge on any atom is 0.214 e. The summed E-state index contributed by atoms with van der Waals surface area (Å²) in [4.78, 5) is 0. The monoisotopic (exact) mass is 366 g/mol. The lowest BCUT2D eigenvalue weighted by Crippen LogP contribution is -2.15. The van der Waals surface area contributed by atoms with Gasteiger partial charge in [-0.3, -0.25) is 0 Å². The van der Waals surface area contributed by atoms with Crippen molar-refractivity contribution in [1.82, 2.24) is 14.9 Å². The molecule has 0 radical (unpaired) electrons. The van der Waals surface area contributed by atoms with E-state index < -0.39 is 0 Å². The van der Waals surface area contributed by atoms with Gasteiger partial charge in [-0.1, -0.05) is 30.3 Å². The van der Waals surface area contributed by atoms with Crippen LogP contribution in [0.2, 0.25) is 0 Å². The van der Waals surface area contributed by atoms with E-state index >= 15 is 0 Å². The molecule has 4 rings (SSSR count). The molecule has 0 bridgehead atoms. The molecular formula is C19H15FN4OS. The van der Waals surface area contributed by atoms with Crippen LogP contribution in [0, 0.1) is 10.6 Å². The van der Waals surface area contributed by atoms with Gasteiger partial charge in [0.1, 0.15) is 17.3 Å². The first-order chi connectivity index (χ1) is 12.7. The lowest BCUT2D eigenvalue weighted by Gasteiger charge is -2.08. The molecule has 0 unspecified atom stereocenters. The molecule has 130 valence electrons. The molecule has 2 heterocycles. The number of nitrogens with one attached hydrogen (secondary N) is 2. The Morgan fingerprint density at radius 2 is 1.77 bits per heavy atom. The van der Waals surface area contributed by atoms with Gasteiger partial charge < -0.3 is 9.84 Å². The Labute approximate surface area is 154 Å². The van der Waals surface area contributed by atoms with Gasteiger partial charge in [-0.05, 0) is 48.6 Å². The van der Waals surface area contributed by atoms with Gasteiger partial charge in [0.15, 0.2) is 5.82 Å². The molecule has 0 saturated carbocycles. The fourth-order valence-corrected chi connectivity index (χ4v) is 2.82. The number of hydrogen-bond acceptors (Lipinski definition) is 4. The molecule has 5 nitrogen and oxygen atoms in total.